The van der Waals surface area contributed by atoms with Crippen molar-refractivity contribution in [2.45, 2.75) is 13.8 Å². The van der Waals surface area contributed by atoms with E-state index in [0.717, 1.165) is 17.2 Å². The summed E-state index contributed by atoms with van der Waals surface area (Å²) in [6.45, 7) is 6.36. The van der Waals surface area contributed by atoms with E-state index in [4.69, 9.17) is 9.47 Å². The van der Waals surface area contributed by atoms with Gasteiger partial charge in [0, 0.05) is 50.2 Å². The minimum atomic E-state index is -0.154. The Morgan fingerprint density at radius 1 is 0.912 bits per heavy atom. The van der Waals surface area contributed by atoms with Crippen LogP contribution in [0, 0.1) is 13.8 Å². The van der Waals surface area contributed by atoms with Gasteiger partial charge >= 0.3 is 6.03 Å². The van der Waals surface area contributed by atoms with Gasteiger partial charge in [-0.3, -0.25) is 0 Å². The standard InChI is InChI=1S/C24H29N7O3/c1-16-7-8-25-21(13-16)29-22-15-23(27-17(2)26-22)30-9-11-31(12-10-30)24(32)28-18-5-6-19(33-3)20(14-18)34-4/h5-8,13-15H,9-12H2,1-4H3,(H,28,32)(H,25,26,27,29). The van der Waals surface area contributed by atoms with E-state index in [9.17, 15) is 4.79 Å². The molecule has 0 atom stereocenters. The first-order chi connectivity index (χ1) is 16.4. The van der Waals surface area contributed by atoms with Crippen LogP contribution in [0.4, 0.5) is 27.9 Å². The fraction of sp³-hybridized carbons (Fsp3) is 0.333. The molecule has 3 aromatic rings. The number of carbonyl (C=O) groups excluding carboxylic acids is 1. The van der Waals surface area contributed by atoms with Crippen molar-refractivity contribution in [2.24, 2.45) is 0 Å². The smallest absolute Gasteiger partial charge is 0.321 e. The summed E-state index contributed by atoms with van der Waals surface area (Å²) < 4.78 is 10.6. The number of ether oxygens (including phenoxy) is 2. The first kappa shape index (κ1) is 23.1. The average Bonchev–Trinajstić information content (AvgIpc) is 2.83. The zero-order valence-corrected chi connectivity index (χ0v) is 19.8. The lowest BCUT2D eigenvalue weighted by molar-refractivity contribution is 0.208. The number of hydrogen-bond acceptors (Lipinski definition) is 8. The van der Waals surface area contributed by atoms with Gasteiger partial charge in [-0.15, -0.1) is 0 Å². The molecule has 1 aliphatic rings. The molecule has 10 nitrogen and oxygen atoms in total. The van der Waals surface area contributed by atoms with Gasteiger partial charge in [-0.05, 0) is 43.7 Å². The number of amides is 2. The zero-order chi connectivity index (χ0) is 24.1. The van der Waals surface area contributed by atoms with Crippen molar-refractivity contribution in [1.82, 2.24) is 19.9 Å². The second kappa shape index (κ2) is 10.2. The Morgan fingerprint density at radius 3 is 2.38 bits per heavy atom. The number of hydrogen-bond donors (Lipinski definition) is 2. The Kier molecular flexibility index (Phi) is 6.95. The first-order valence-corrected chi connectivity index (χ1v) is 11.0. The van der Waals surface area contributed by atoms with E-state index < -0.39 is 0 Å². The lowest BCUT2D eigenvalue weighted by Gasteiger charge is -2.35. The number of benzene rings is 1. The Morgan fingerprint density at radius 2 is 1.68 bits per heavy atom. The molecule has 2 amide bonds. The van der Waals surface area contributed by atoms with Gasteiger partial charge < -0.3 is 29.9 Å². The third-order valence-corrected chi connectivity index (χ3v) is 5.52. The fourth-order valence-corrected chi connectivity index (χ4v) is 3.77. The highest BCUT2D eigenvalue weighted by Gasteiger charge is 2.23. The van der Waals surface area contributed by atoms with Crippen molar-refractivity contribution >= 4 is 29.2 Å². The van der Waals surface area contributed by atoms with Crippen LogP contribution in [0.25, 0.3) is 0 Å². The Bertz CT molecular complexity index is 1160. The summed E-state index contributed by atoms with van der Waals surface area (Å²) in [5, 5.41) is 6.19. The second-order valence-corrected chi connectivity index (χ2v) is 7.98. The number of piperazine rings is 1. The summed E-state index contributed by atoms with van der Waals surface area (Å²) in [5.41, 5.74) is 1.77. The van der Waals surface area contributed by atoms with Crippen LogP contribution >= 0.6 is 0 Å². The summed E-state index contributed by atoms with van der Waals surface area (Å²) >= 11 is 0. The lowest BCUT2D eigenvalue weighted by Crippen LogP contribution is -2.50. The largest absolute Gasteiger partial charge is 0.493 e. The Balaban J connectivity index is 1.38. The van der Waals surface area contributed by atoms with E-state index >= 15 is 0 Å². The van der Waals surface area contributed by atoms with Gasteiger partial charge in [0.1, 0.15) is 23.3 Å². The first-order valence-electron chi connectivity index (χ1n) is 11.0. The molecule has 34 heavy (non-hydrogen) atoms. The number of anilines is 4. The molecule has 2 N–H and O–H groups in total. The molecular formula is C24H29N7O3. The number of methoxy groups -OCH3 is 2. The van der Waals surface area contributed by atoms with Gasteiger partial charge in [-0.2, -0.15) is 0 Å². The molecule has 3 heterocycles. The summed E-state index contributed by atoms with van der Waals surface area (Å²) in [6.07, 6.45) is 1.76. The number of rotatable bonds is 6. The van der Waals surface area contributed by atoms with Gasteiger partial charge in [0.25, 0.3) is 0 Å². The number of carbonyl (C=O) groups is 1. The maximum atomic E-state index is 12.8. The fourth-order valence-electron chi connectivity index (χ4n) is 3.77. The molecule has 4 rings (SSSR count). The highest BCUT2D eigenvalue weighted by atomic mass is 16.5. The van der Waals surface area contributed by atoms with Gasteiger partial charge in [0.15, 0.2) is 11.5 Å². The Hall–Kier alpha value is -4.08. The van der Waals surface area contributed by atoms with Crippen molar-refractivity contribution in [2.75, 3.05) is 55.9 Å². The van der Waals surface area contributed by atoms with Crippen LogP contribution in [0.3, 0.4) is 0 Å². The van der Waals surface area contributed by atoms with Crippen LogP contribution in [-0.2, 0) is 0 Å². The summed E-state index contributed by atoms with van der Waals surface area (Å²) in [5.74, 6) is 4.09. The summed E-state index contributed by atoms with van der Waals surface area (Å²) in [6, 6.07) is 11.0. The van der Waals surface area contributed by atoms with Crippen LogP contribution in [0.2, 0.25) is 0 Å². The van der Waals surface area contributed by atoms with Gasteiger partial charge in [0.2, 0.25) is 0 Å². The third-order valence-electron chi connectivity index (χ3n) is 5.52. The maximum absolute atomic E-state index is 12.8. The number of urea groups is 1. The minimum Gasteiger partial charge on any atom is -0.493 e. The third kappa shape index (κ3) is 5.45. The van der Waals surface area contributed by atoms with Crippen LogP contribution in [0.5, 0.6) is 11.5 Å². The summed E-state index contributed by atoms with van der Waals surface area (Å²) in [4.78, 5) is 30.2. The SMILES string of the molecule is COc1ccc(NC(=O)N2CCN(c3cc(Nc4cc(C)ccn4)nc(C)n3)CC2)cc1OC. The van der Waals surface area contributed by atoms with E-state index in [2.05, 4.69) is 30.5 Å². The molecule has 0 bridgehead atoms. The highest BCUT2D eigenvalue weighted by Crippen LogP contribution is 2.30. The number of nitrogens with zero attached hydrogens (tertiary/aromatic N) is 5. The van der Waals surface area contributed by atoms with Crippen molar-refractivity contribution in [3.63, 3.8) is 0 Å². The van der Waals surface area contributed by atoms with E-state index in [1.807, 2.05) is 32.0 Å². The van der Waals surface area contributed by atoms with Crippen LogP contribution < -0.4 is 25.0 Å². The molecule has 0 radical (unpaired) electrons. The molecule has 1 saturated heterocycles. The van der Waals surface area contributed by atoms with Gasteiger partial charge in [0.05, 0.1) is 14.2 Å². The predicted molar refractivity (Wildman–Crippen MR) is 131 cm³/mol. The molecule has 10 heteroatoms. The molecule has 178 valence electrons. The van der Waals surface area contributed by atoms with Crippen molar-refractivity contribution in [3.8, 4) is 11.5 Å². The van der Waals surface area contributed by atoms with Crippen molar-refractivity contribution in [1.29, 1.82) is 0 Å². The topological polar surface area (TPSA) is 105 Å². The maximum Gasteiger partial charge on any atom is 0.321 e. The van der Waals surface area contributed by atoms with Gasteiger partial charge in [-0.25, -0.2) is 19.7 Å². The van der Waals surface area contributed by atoms with Crippen molar-refractivity contribution in [3.05, 3.63) is 54.0 Å². The molecule has 1 aliphatic heterocycles. The average molecular weight is 464 g/mol. The zero-order valence-electron chi connectivity index (χ0n) is 19.8. The molecule has 0 saturated carbocycles. The Labute approximate surface area is 198 Å². The van der Waals surface area contributed by atoms with E-state index in [1.165, 1.54) is 0 Å². The number of aryl methyl sites for hydroxylation is 2. The second-order valence-electron chi connectivity index (χ2n) is 7.98. The monoisotopic (exact) mass is 463 g/mol. The summed E-state index contributed by atoms with van der Waals surface area (Å²) in [7, 11) is 3.14. The minimum absolute atomic E-state index is 0.154. The number of aromatic nitrogens is 3. The van der Waals surface area contributed by atoms with Crippen LogP contribution in [0.15, 0.2) is 42.6 Å². The highest BCUT2D eigenvalue weighted by molar-refractivity contribution is 5.90. The van der Waals surface area contributed by atoms with Crippen LogP contribution in [-0.4, -0.2) is 66.3 Å². The normalized spacial score (nSPS) is 13.4. The van der Waals surface area contributed by atoms with Crippen molar-refractivity contribution < 1.29 is 14.3 Å². The van der Waals surface area contributed by atoms with E-state index in [1.54, 1.807) is 43.5 Å². The van der Waals surface area contributed by atoms with Gasteiger partial charge in [-0.1, -0.05) is 0 Å². The van der Waals surface area contributed by atoms with E-state index in [0.29, 0.717) is 55.0 Å². The molecule has 1 fully saturated rings. The molecule has 0 unspecified atom stereocenters. The molecule has 0 aliphatic carbocycles. The number of nitrogens with one attached hydrogen (secondary N) is 2. The predicted octanol–water partition coefficient (Wildman–Crippen LogP) is 3.60. The molecule has 0 spiro atoms. The molecule has 1 aromatic carbocycles. The van der Waals surface area contributed by atoms with Crippen LogP contribution in [0.1, 0.15) is 11.4 Å². The van der Waals surface area contributed by atoms with E-state index in [-0.39, 0.29) is 6.03 Å². The number of pyridine rings is 1. The quantitative estimate of drug-likeness (QED) is 0.571. The molecule has 2 aromatic heterocycles. The lowest BCUT2D eigenvalue weighted by atomic mass is 10.2. The molecular weight excluding hydrogens is 434 g/mol.